The summed E-state index contributed by atoms with van der Waals surface area (Å²) < 4.78 is 29.0. The summed E-state index contributed by atoms with van der Waals surface area (Å²) in [7, 11) is -1.56. The number of ether oxygens (including phenoxy) is 1. The van der Waals surface area contributed by atoms with Gasteiger partial charge >= 0.3 is 0 Å². The highest BCUT2D eigenvalue weighted by molar-refractivity contribution is 7.91. The Bertz CT molecular complexity index is 1020. The zero-order valence-electron chi connectivity index (χ0n) is 15.8. The first-order valence-corrected chi connectivity index (χ1v) is 11.6. The molecular formula is C21H21Cl2NO4S. The maximum Gasteiger partial charge on any atom is 0.247 e. The zero-order chi connectivity index (χ0) is 21.0. The molecule has 5 nitrogen and oxygen atoms in total. The fourth-order valence-corrected chi connectivity index (χ4v) is 5.42. The molecule has 1 heterocycles. The number of carbonyl (C=O) groups excluding carboxylic acids is 1. The van der Waals surface area contributed by atoms with E-state index in [1.807, 2.05) is 12.1 Å². The fourth-order valence-electron chi connectivity index (χ4n) is 3.22. The van der Waals surface area contributed by atoms with Crippen molar-refractivity contribution in [2.75, 3.05) is 18.6 Å². The van der Waals surface area contributed by atoms with E-state index >= 15 is 0 Å². The van der Waals surface area contributed by atoms with E-state index in [1.165, 1.54) is 6.08 Å². The first-order chi connectivity index (χ1) is 13.8. The largest absolute Gasteiger partial charge is 0.497 e. The van der Waals surface area contributed by atoms with Crippen LogP contribution in [-0.4, -0.2) is 43.9 Å². The van der Waals surface area contributed by atoms with Gasteiger partial charge in [0.2, 0.25) is 5.91 Å². The summed E-state index contributed by atoms with van der Waals surface area (Å²) in [5.41, 5.74) is 1.55. The molecule has 0 spiro atoms. The highest BCUT2D eigenvalue weighted by Gasteiger charge is 2.34. The lowest BCUT2D eigenvalue weighted by Gasteiger charge is -2.27. The average Bonchev–Trinajstić information content (AvgIpc) is 3.05. The van der Waals surface area contributed by atoms with Gasteiger partial charge in [-0.05, 0) is 47.9 Å². The third-order valence-corrected chi connectivity index (χ3v) is 7.16. The number of carbonyl (C=O) groups is 1. The van der Waals surface area contributed by atoms with Crippen molar-refractivity contribution in [3.8, 4) is 5.75 Å². The molecule has 1 saturated heterocycles. The third-order valence-electron chi connectivity index (χ3n) is 4.82. The second kappa shape index (κ2) is 9.20. The van der Waals surface area contributed by atoms with Crippen LogP contribution in [0.25, 0.3) is 6.08 Å². The van der Waals surface area contributed by atoms with Gasteiger partial charge in [-0.25, -0.2) is 8.42 Å². The normalized spacial score (nSPS) is 18.1. The van der Waals surface area contributed by atoms with Gasteiger partial charge in [-0.3, -0.25) is 4.79 Å². The van der Waals surface area contributed by atoms with Gasteiger partial charge in [0.05, 0.1) is 18.6 Å². The van der Waals surface area contributed by atoms with Crippen LogP contribution >= 0.6 is 23.2 Å². The van der Waals surface area contributed by atoms with E-state index in [1.54, 1.807) is 48.4 Å². The Morgan fingerprint density at radius 3 is 2.52 bits per heavy atom. The van der Waals surface area contributed by atoms with Crippen molar-refractivity contribution in [2.45, 2.75) is 19.0 Å². The van der Waals surface area contributed by atoms with E-state index in [0.29, 0.717) is 22.0 Å². The van der Waals surface area contributed by atoms with Crippen molar-refractivity contribution < 1.29 is 17.9 Å². The summed E-state index contributed by atoms with van der Waals surface area (Å²) >= 11 is 12.2. The van der Waals surface area contributed by atoms with Crippen molar-refractivity contribution in [3.63, 3.8) is 0 Å². The van der Waals surface area contributed by atoms with E-state index in [-0.39, 0.29) is 30.0 Å². The molecule has 1 aliphatic rings. The molecule has 1 atom stereocenters. The van der Waals surface area contributed by atoms with Crippen molar-refractivity contribution >= 4 is 45.0 Å². The lowest BCUT2D eigenvalue weighted by atomic mass is 10.1. The first-order valence-electron chi connectivity index (χ1n) is 9.04. The van der Waals surface area contributed by atoms with Crippen LogP contribution in [0.4, 0.5) is 0 Å². The number of hydrogen-bond donors (Lipinski definition) is 0. The van der Waals surface area contributed by atoms with Crippen LogP contribution in [0.1, 0.15) is 17.5 Å². The number of halogens is 2. The second-order valence-electron chi connectivity index (χ2n) is 6.87. The molecule has 1 fully saturated rings. The minimum Gasteiger partial charge on any atom is -0.497 e. The average molecular weight is 454 g/mol. The number of nitrogens with zero attached hydrogens (tertiary/aromatic N) is 1. The van der Waals surface area contributed by atoms with E-state index < -0.39 is 9.84 Å². The van der Waals surface area contributed by atoms with Crippen LogP contribution < -0.4 is 4.74 Å². The number of hydrogen-bond acceptors (Lipinski definition) is 4. The van der Waals surface area contributed by atoms with E-state index in [0.717, 1.165) is 11.3 Å². The Balaban J connectivity index is 1.83. The number of sulfone groups is 1. The molecule has 0 N–H and O–H groups in total. The van der Waals surface area contributed by atoms with Crippen LogP contribution in [0.15, 0.2) is 48.5 Å². The van der Waals surface area contributed by atoms with Gasteiger partial charge in [0.1, 0.15) is 5.75 Å². The van der Waals surface area contributed by atoms with Gasteiger partial charge in [0, 0.05) is 28.7 Å². The van der Waals surface area contributed by atoms with Gasteiger partial charge in [0.25, 0.3) is 0 Å². The molecule has 0 saturated carbocycles. The second-order valence-corrected chi connectivity index (χ2v) is 9.94. The monoisotopic (exact) mass is 453 g/mol. The minimum atomic E-state index is -3.14. The molecule has 2 aromatic rings. The maximum atomic E-state index is 13.0. The van der Waals surface area contributed by atoms with Crippen LogP contribution in [0.5, 0.6) is 5.75 Å². The Hall–Kier alpha value is -2.02. The maximum absolute atomic E-state index is 13.0. The van der Waals surface area contributed by atoms with Gasteiger partial charge in [0.15, 0.2) is 9.84 Å². The molecule has 29 heavy (non-hydrogen) atoms. The van der Waals surface area contributed by atoms with Crippen LogP contribution in [0.3, 0.4) is 0 Å². The first kappa shape index (κ1) is 21.7. The summed E-state index contributed by atoms with van der Waals surface area (Å²) in [5, 5.41) is 0.940. The quantitative estimate of drug-likeness (QED) is 0.613. The highest BCUT2D eigenvalue weighted by atomic mass is 35.5. The van der Waals surface area contributed by atoms with Gasteiger partial charge < -0.3 is 9.64 Å². The zero-order valence-corrected chi connectivity index (χ0v) is 18.2. The molecule has 0 radical (unpaired) electrons. The van der Waals surface area contributed by atoms with Gasteiger partial charge in [-0.2, -0.15) is 0 Å². The van der Waals surface area contributed by atoms with Crippen molar-refractivity contribution in [1.29, 1.82) is 0 Å². The highest BCUT2D eigenvalue weighted by Crippen LogP contribution is 2.26. The summed E-state index contributed by atoms with van der Waals surface area (Å²) in [6.45, 7) is 0.210. The van der Waals surface area contributed by atoms with E-state index in [4.69, 9.17) is 27.9 Å². The Morgan fingerprint density at radius 1 is 1.21 bits per heavy atom. The molecule has 154 valence electrons. The van der Waals surface area contributed by atoms with Crippen LogP contribution in [-0.2, 0) is 21.2 Å². The van der Waals surface area contributed by atoms with Crippen molar-refractivity contribution in [2.24, 2.45) is 0 Å². The topological polar surface area (TPSA) is 63.7 Å². The Labute approximate surface area is 180 Å². The number of methoxy groups -OCH3 is 1. The number of rotatable bonds is 6. The molecule has 0 aromatic heterocycles. The summed E-state index contributed by atoms with van der Waals surface area (Å²) in [6, 6.07) is 12.0. The lowest BCUT2D eigenvalue weighted by molar-refractivity contribution is -0.128. The van der Waals surface area contributed by atoms with Crippen molar-refractivity contribution in [1.82, 2.24) is 4.90 Å². The molecule has 1 amide bonds. The molecule has 1 unspecified atom stereocenters. The molecular weight excluding hydrogens is 433 g/mol. The van der Waals surface area contributed by atoms with Crippen LogP contribution in [0, 0.1) is 0 Å². The smallest absolute Gasteiger partial charge is 0.247 e. The van der Waals surface area contributed by atoms with Crippen molar-refractivity contribution in [3.05, 3.63) is 69.7 Å². The molecule has 2 aromatic carbocycles. The minimum absolute atomic E-state index is 0.0413. The number of amides is 1. The van der Waals surface area contributed by atoms with E-state index in [9.17, 15) is 13.2 Å². The predicted molar refractivity (Wildman–Crippen MR) is 116 cm³/mol. The Kier molecular flexibility index (Phi) is 6.88. The molecule has 0 bridgehead atoms. The summed E-state index contributed by atoms with van der Waals surface area (Å²) in [5.74, 6) is 0.496. The Morgan fingerprint density at radius 2 is 1.93 bits per heavy atom. The van der Waals surface area contributed by atoms with Gasteiger partial charge in [-0.15, -0.1) is 0 Å². The SMILES string of the molecule is COc1ccc(/C=C/C(=O)N(Cc2ccc(Cl)cc2Cl)C2CCS(=O)(=O)C2)cc1. The lowest BCUT2D eigenvalue weighted by Crippen LogP contribution is -2.39. The predicted octanol–water partition coefficient (Wildman–Crippen LogP) is 4.23. The van der Waals surface area contributed by atoms with E-state index in [2.05, 4.69) is 0 Å². The summed E-state index contributed by atoms with van der Waals surface area (Å²) in [4.78, 5) is 14.5. The molecule has 8 heteroatoms. The third kappa shape index (κ3) is 5.75. The fraction of sp³-hybridized carbons (Fsp3) is 0.286. The molecule has 3 rings (SSSR count). The van der Waals surface area contributed by atoms with Gasteiger partial charge in [-0.1, -0.05) is 41.4 Å². The van der Waals surface area contributed by atoms with Crippen LogP contribution in [0.2, 0.25) is 10.0 Å². The molecule has 0 aliphatic carbocycles. The summed E-state index contributed by atoms with van der Waals surface area (Å²) in [6.07, 6.45) is 3.56. The molecule has 1 aliphatic heterocycles. The number of benzene rings is 2. The standard InChI is InChI=1S/C21H21Cl2NO4S/c1-28-19-7-2-15(3-8-19)4-9-21(25)24(18-10-11-29(26,27)14-18)13-16-5-6-17(22)12-20(16)23/h2-9,12,18H,10-11,13-14H2,1H3/b9-4+.